The summed E-state index contributed by atoms with van der Waals surface area (Å²) in [6.45, 7) is 6.61. The van der Waals surface area contributed by atoms with Crippen molar-refractivity contribution in [3.8, 4) is 0 Å². The van der Waals surface area contributed by atoms with Gasteiger partial charge in [0.15, 0.2) is 0 Å². The fourth-order valence-electron chi connectivity index (χ4n) is 2.74. The molecule has 0 bridgehead atoms. The highest BCUT2D eigenvalue weighted by Crippen LogP contribution is 2.22. The van der Waals surface area contributed by atoms with Crippen LogP contribution in [0.3, 0.4) is 0 Å². The standard InChI is InChI=1S/C17H20N2O2/c1-3-13-4-5-16-14(11-13)15(10-12(2)18-16)17(20)19-6-8-21-9-7-19/h4-5,10-11H,3,6-9H2,1-2H3. The Morgan fingerprint density at radius 1 is 1.29 bits per heavy atom. The van der Waals surface area contributed by atoms with Crippen LogP contribution in [0.1, 0.15) is 28.5 Å². The maximum absolute atomic E-state index is 12.8. The number of aromatic nitrogens is 1. The summed E-state index contributed by atoms with van der Waals surface area (Å²) in [5.41, 5.74) is 3.76. The number of aryl methyl sites for hydroxylation is 2. The molecule has 4 heteroatoms. The van der Waals surface area contributed by atoms with Gasteiger partial charge in [-0.15, -0.1) is 0 Å². The average molecular weight is 284 g/mol. The number of benzene rings is 1. The van der Waals surface area contributed by atoms with Crippen molar-refractivity contribution < 1.29 is 9.53 Å². The number of hydrogen-bond acceptors (Lipinski definition) is 3. The average Bonchev–Trinajstić information content (AvgIpc) is 2.53. The first-order valence-corrected chi connectivity index (χ1v) is 7.46. The molecule has 1 aromatic heterocycles. The summed E-state index contributed by atoms with van der Waals surface area (Å²) in [4.78, 5) is 19.2. The van der Waals surface area contributed by atoms with Gasteiger partial charge in [0.2, 0.25) is 0 Å². The SMILES string of the molecule is CCc1ccc2nc(C)cc(C(=O)N3CCOCC3)c2c1. The number of carbonyl (C=O) groups is 1. The third kappa shape index (κ3) is 2.76. The van der Waals surface area contributed by atoms with Crippen LogP contribution in [0.15, 0.2) is 24.3 Å². The minimum atomic E-state index is 0.0852. The summed E-state index contributed by atoms with van der Waals surface area (Å²) in [7, 11) is 0. The van der Waals surface area contributed by atoms with Crippen LogP contribution >= 0.6 is 0 Å². The molecule has 0 atom stereocenters. The highest BCUT2D eigenvalue weighted by atomic mass is 16.5. The Kier molecular flexibility index (Phi) is 3.88. The van der Waals surface area contributed by atoms with Gasteiger partial charge in [-0.05, 0) is 37.1 Å². The summed E-state index contributed by atoms with van der Waals surface area (Å²) in [6.07, 6.45) is 0.953. The molecule has 1 aromatic carbocycles. The Balaban J connectivity index is 2.08. The molecule has 110 valence electrons. The van der Waals surface area contributed by atoms with Gasteiger partial charge >= 0.3 is 0 Å². The van der Waals surface area contributed by atoms with Gasteiger partial charge in [-0.3, -0.25) is 9.78 Å². The number of carbonyl (C=O) groups excluding carboxylic acids is 1. The second-order valence-corrected chi connectivity index (χ2v) is 5.42. The van der Waals surface area contributed by atoms with Crippen LogP contribution < -0.4 is 0 Å². The molecule has 1 aliphatic heterocycles. The molecule has 0 unspecified atom stereocenters. The van der Waals surface area contributed by atoms with E-state index in [1.54, 1.807) is 0 Å². The van der Waals surface area contributed by atoms with Gasteiger partial charge in [0, 0.05) is 24.2 Å². The van der Waals surface area contributed by atoms with Gasteiger partial charge in [-0.1, -0.05) is 13.0 Å². The van der Waals surface area contributed by atoms with Gasteiger partial charge in [-0.2, -0.15) is 0 Å². The van der Waals surface area contributed by atoms with E-state index in [1.807, 2.05) is 24.0 Å². The van der Waals surface area contributed by atoms with Gasteiger partial charge in [0.05, 0.1) is 24.3 Å². The Hall–Kier alpha value is -1.94. The van der Waals surface area contributed by atoms with E-state index in [0.29, 0.717) is 26.3 Å². The molecular formula is C17H20N2O2. The number of fused-ring (bicyclic) bond motifs is 1. The Bertz CT molecular complexity index is 676. The molecule has 0 aliphatic carbocycles. The van der Waals surface area contributed by atoms with Crippen LogP contribution in [0.4, 0.5) is 0 Å². The van der Waals surface area contributed by atoms with Crippen LogP contribution in [-0.4, -0.2) is 42.1 Å². The lowest BCUT2D eigenvalue weighted by molar-refractivity contribution is 0.0304. The molecule has 1 aliphatic rings. The smallest absolute Gasteiger partial charge is 0.254 e. The molecule has 0 N–H and O–H groups in total. The van der Waals surface area contributed by atoms with Crippen molar-refractivity contribution in [2.24, 2.45) is 0 Å². The minimum Gasteiger partial charge on any atom is -0.378 e. The van der Waals surface area contributed by atoms with Crippen molar-refractivity contribution in [2.45, 2.75) is 20.3 Å². The van der Waals surface area contributed by atoms with Crippen molar-refractivity contribution in [1.82, 2.24) is 9.88 Å². The second kappa shape index (κ2) is 5.82. The zero-order valence-electron chi connectivity index (χ0n) is 12.6. The minimum absolute atomic E-state index is 0.0852. The predicted molar refractivity (Wildman–Crippen MR) is 82.6 cm³/mol. The van der Waals surface area contributed by atoms with Gasteiger partial charge in [-0.25, -0.2) is 0 Å². The largest absolute Gasteiger partial charge is 0.378 e. The van der Waals surface area contributed by atoms with Crippen molar-refractivity contribution in [3.63, 3.8) is 0 Å². The maximum Gasteiger partial charge on any atom is 0.254 e. The zero-order chi connectivity index (χ0) is 14.8. The van der Waals surface area contributed by atoms with Crippen LogP contribution in [0.2, 0.25) is 0 Å². The van der Waals surface area contributed by atoms with Crippen LogP contribution in [-0.2, 0) is 11.2 Å². The van der Waals surface area contributed by atoms with E-state index >= 15 is 0 Å². The van der Waals surface area contributed by atoms with Gasteiger partial charge in [0.1, 0.15) is 0 Å². The highest BCUT2D eigenvalue weighted by Gasteiger charge is 2.21. The van der Waals surface area contributed by atoms with Crippen molar-refractivity contribution >= 4 is 16.8 Å². The maximum atomic E-state index is 12.8. The van der Waals surface area contributed by atoms with E-state index in [0.717, 1.165) is 28.6 Å². The number of hydrogen-bond donors (Lipinski definition) is 0. The lowest BCUT2D eigenvalue weighted by atomic mass is 10.0. The molecule has 0 saturated carbocycles. The summed E-state index contributed by atoms with van der Waals surface area (Å²) in [6, 6.07) is 8.09. The predicted octanol–water partition coefficient (Wildman–Crippen LogP) is 2.58. The first-order valence-electron chi connectivity index (χ1n) is 7.46. The number of nitrogens with zero attached hydrogens (tertiary/aromatic N) is 2. The highest BCUT2D eigenvalue weighted by molar-refractivity contribution is 6.06. The lowest BCUT2D eigenvalue weighted by Crippen LogP contribution is -2.40. The van der Waals surface area contributed by atoms with E-state index in [1.165, 1.54) is 5.56 Å². The molecule has 1 amide bonds. The molecule has 1 saturated heterocycles. The Morgan fingerprint density at radius 2 is 2.05 bits per heavy atom. The second-order valence-electron chi connectivity index (χ2n) is 5.42. The summed E-state index contributed by atoms with van der Waals surface area (Å²) < 4.78 is 5.33. The van der Waals surface area contributed by atoms with Crippen molar-refractivity contribution in [1.29, 1.82) is 0 Å². The number of amides is 1. The van der Waals surface area contributed by atoms with Gasteiger partial charge in [0.25, 0.3) is 5.91 Å². The van der Waals surface area contributed by atoms with Crippen LogP contribution in [0.5, 0.6) is 0 Å². The van der Waals surface area contributed by atoms with E-state index in [2.05, 4.69) is 24.0 Å². The molecule has 0 radical (unpaired) electrons. The fourth-order valence-corrected chi connectivity index (χ4v) is 2.74. The first kappa shape index (κ1) is 14.0. The third-order valence-electron chi connectivity index (χ3n) is 3.94. The topological polar surface area (TPSA) is 42.4 Å². The summed E-state index contributed by atoms with van der Waals surface area (Å²) in [5.74, 6) is 0.0852. The van der Waals surface area contributed by atoms with E-state index < -0.39 is 0 Å². The normalized spacial score (nSPS) is 15.4. The summed E-state index contributed by atoms with van der Waals surface area (Å²) >= 11 is 0. The monoisotopic (exact) mass is 284 g/mol. The zero-order valence-corrected chi connectivity index (χ0v) is 12.6. The first-order chi connectivity index (χ1) is 10.2. The lowest BCUT2D eigenvalue weighted by Gasteiger charge is -2.27. The van der Waals surface area contributed by atoms with Crippen molar-refractivity contribution in [2.75, 3.05) is 26.3 Å². The molecule has 0 spiro atoms. The fraction of sp³-hybridized carbons (Fsp3) is 0.412. The third-order valence-corrected chi connectivity index (χ3v) is 3.94. The molecular weight excluding hydrogens is 264 g/mol. The quantitative estimate of drug-likeness (QED) is 0.851. The number of morpholine rings is 1. The molecule has 2 aromatic rings. The molecule has 4 nitrogen and oxygen atoms in total. The van der Waals surface area contributed by atoms with E-state index in [4.69, 9.17) is 4.74 Å². The molecule has 1 fully saturated rings. The van der Waals surface area contributed by atoms with E-state index in [9.17, 15) is 4.79 Å². The van der Waals surface area contributed by atoms with E-state index in [-0.39, 0.29) is 5.91 Å². The van der Waals surface area contributed by atoms with Crippen LogP contribution in [0, 0.1) is 6.92 Å². The van der Waals surface area contributed by atoms with Crippen LogP contribution in [0.25, 0.3) is 10.9 Å². The van der Waals surface area contributed by atoms with Gasteiger partial charge < -0.3 is 9.64 Å². The molecule has 21 heavy (non-hydrogen) atoms. The summed E-state index contributed by atoms with van der Waals surface area (Å²) in [5, 5.41) is 0.955. The Morgan fingerprint density at radius 3 is 2.76 bits per heavy atom. The molecule has 3 rings (SSSR count). The Labute approximate surface area is 124 Å². The molecule has 2 heterocycles. The number of pyridine rings is 1. The number of rotatable bonds is 2. The van der Waals surface area contributed by atoms with Crippen molar-refractivity contribution in [3.05, 3.63) is 41.1 Å². The number of ether oxygens (including phenoxy) is 1.